The van der Waals surface area contributed by atoms with Crippen molar-refractivity contribution in [2.45, 2.75) is 6.92 Å². The van der Waals surface area contributed by atoms with E-state index < -0.39 is 0 Å². The van der Waals surface area contributed by atoms with Gasteiger partial charge in [-0.05, 0) is 6.54 Å². The first-order valence-electron chi connectivity index (χ1n) is 3.23. The molecule has 0 saturated carbocycles. The summed E-state index contributed by atoms with van der Waals surface area (Å²) in [7, 11) is 0. The van der Waals surface area contributed by atoms with Crippen molar-refractivity contribution in [1.82, 2.24) is 4.90 Å². The van der Waals surface area contributed by atoms with Crippen LogP contribution in [0.15, 0.2) is 0 Å². The maximum Gasteiger partial charge on any atom is 0.0594 e. The molecule has 0 aromatic heterocycles. The monoisotopic (exact) mass is 133 g/mol. The molecule has 1 aliphatic rings. The smallest absolute Gasteiger partial charge is 0.0594 e. The lowest BCUT2D eigenvalue weighted by Crippen LogP contribution is -2.35. The summed E-state index contributed by atoms with van der Waals surface area (Å²) in [5, 5.41) is 0. The molecule has 0 amide bonds. The summed E-state index contributed by atoms with van der Waals surface area (Å²) in [6, 6.07) is 0. The largest absolute Gasteiger partial charge is 0.412 e. The number of likely N-dealkylation sites (N-methyl/N-ethyl adjacent to an activating group) is 1. The van der Waals surface area contributed by atoms with Crippen LogP contribution < -0.4 is 0 Å². The van der Waals surface area contributed by atoms with Gasteiger partial charge in [-0.25, -0.2) is 0 Å². The molecule has 56 valence electrons. The van der Waals surface area contributed by atoms with Crippen LogP contribution in [0.4, 0.5) is 0 Å². The Hall–Kier alpha value is -0.120. The number of ether oxygens (including phenoxy) is 1. The maximum atomic E-state index is 5.16. The normalized spacial score (nSPS) is 21.0. The van der Waals surface area contributed by atoms with Crippen molar-refractivity contribution >= 4 is 0 Å². The molecule has 3 nitrogen and oxygen atoms in total. The lowest BCUT2D eigenvalue weighted by Gasteiger charge is -2.24. The van der Waals surface area contributed by atoms with Crippen LogP contribution >= 0.6 is 0 Å². The van der Waals surface area contributed by atoms with E-state index in [1.807, 2.05) is 0 Å². The second-order valence-corrected chi connectivity index (χ2v) is 2.05. The molecule has 0 aliphatic carbocycles. The van der Waals surface area contributed by atoms with Gasteiger partial charge in [0.05, 0.1) is 13.2 Å². The number of hydrogen-bond acceptors (Lipinski definition) is 2. The molecule has 0 aromatic carbocycles. The van der Waals surface area contributed by atoms with Gasteiger partial charge in [-0.3, -0.25) is 4.90 Å². The summed E-state index contributed by atoms with van der Waals surface area (Å²) in [5.41, 5.74) is 0. The Kier molecular flexibility index (Phi) is 4.67. The average molecular weight is 133 g/mol. The molecule has 1 saturated heterocycles. The average Bonchev–Trinajstić information content (AvgIpc) is 1.90. The molecule has 2 N–H and O–H groups in total. The predicted octanol–water partition coefficient (Wildman–Crippen LogP) is -0.486. The van der Waals surface area contributed by atoms with Crippen molar-refractivity contribution in [3.63, 3.8) is 0 Å². The van der Waals surface area contributed by atoms with Gasteiger partial charge in [0.15, 0.2) is 0 Å². The fourth-order valence-corrected chi connectivity index (χ4v) is 0.917. The van der Waals surface area contributed by atoms with Crippen LogP contribution in [-0.4, -0.2) is 43.2 Å². The number of rotatable bonds is 1. The third-order valence-electron chi connectivity index (χ3n) is 1.55. The maximum absolute atomic E-state index is 5.16. The predicted molar refractivity (Wildman–Crippen MR) is 36.5 cm³/mol. The Morgan fingerprint density at radius 2 is 1.89 bits per heavy atom. The number of hydrogen-bond donors (Lipinski definition) is 0. The molecular formula is C6H15NO2. The summed E-state index contributed by atoms with van der Waals surface area (Å²) in [5.74, 6) is 0. The van der Waals surface area contributed by atoms with Crippen LogP contribution in [0.5, 0.6) is 0 Å². The highest BCUT2D eigenvalue weighted by Crippen LogP contribution is 1.93. The van der Waals surface area contributed by atoms with Crippen molar-refractivity contribution < 1.29 is 10.2 Å². The van der Waals surface area contributed by atoms with E-state index in [0.29, 0.717) is 0 Å². The standard InChI is InChI=1S/C6H13NO.H2O/c1-2-7-3-5-8-6-4-7;/h2-6H2,1H3;1H2. The fraction of sp³-hybridized carbons (Fsp3) is 1.00. The van der Waals surface area contributed by atoms with E-state index in [2.05, 4.69) is 11.8 Å². The second-order valence-electron chi connectivity index (χ2n) is 2.05. The summed E-state index contributed by atoms with van der Waals surface area (Å²) >= 11 is 0. The zero-order valence-electron chi connectivity index (χ0n) is 5.89. The van der Waals surface area contributed by atoms with Gasteiger partial charge in [-0.2, -0.15) is 0 Å². The minimum Gasteiger partial charge on any atom is -0.412 e. The van der Waals surface area contributed by atoms with E-state index in [-0.39, 0.29) is 5.48 Å². The van der Waals surface area contributed by atoms with Gasteiger partial charge >= 0.3 is 0 Å². The highest BCUT2D eigenvalue weighted by Gasteiger charge is 2.05. The van der Waals surface area contributed by atoms with E-state index in [9.17, 15) is 0 Å². The van der Waals surface area contributed by atoms with Crippen LogP contribution in [0.2, 0.25) is 0 Å². The van der Waals surface area contributed by atoms with Crippen LogP contribution in [0, 0.1) is 0 Å². The summed E-state index contributed by atoms with van der Waals surface area (Å²) < 4.78 is 5.16. The summed E-state index contributed by atoms with van der Waals surface area (Å²) in [6.45, 7) is 7.45. The molecule has 0 aromatic rings. The Labute approximate surface area is 55.9 Å². The molecule has 3 heteroatoms. The lowest BCUT2D eigenvalue weighted by molar-refractivity contribution is 0.0405. The third kappa shape index (κ3) is 2.79. The molecule has 0 unspecified atom stereocenters. The van der Waals surface area contributed by atoms with Gasteiger partial charge in [-0.15, -0.1) is 0 Å². The third-order valence-corrected chi connectivity index (χ3v) is 1.55. The molecule has 0 radical (unpaired) electrons. The molecule has 9 heavy (non-hydrogen) atoms. The minimum atomic E-state index is 0. The number of nitrogens with zero attached hydrogens (tertiary/aromatic N) is 1. The molecule has 1 heterocycles. The first kappa shape index (κ1) is 8.88. The van der Waals surface area contributed by atoms with Crippen LogP contribution in [0.1, 0.15) is 6.92 Å². The molecule has 1 rings (SSSR count). The van der Waals surface area contributed by atoms with Crippen molar-refractivity contribution in [3.05, 3.63) is 0 Å². The van der Waals surface area contributed by atoms with E-state index in [1.54, 1.807) is 0 Å². The van der Waals surface area contributed by atoms with Gasteiger partial charge in [0, 0.05) is 13.1 Å². The summed E-state index contributed by atoms with van der Waals surface area (Å²) in [6.07, 6.45) is 0. The van der Waals surface area contributed by atoms with E-state index in [1.165, 1.54) is 6.54 Å². The summed E-state index contributed by atoms with van der Waals surface area (Å²) in [4.78, 5) is 2.39. The fourth-order valence-electron chi connectivity index (χ4n) is 0.917. The lowest BCUT2D eigenvalue weighted by atomic mass is 10.4. The van der Waals surface area contributed by atoms with Crippen molar-refractivity contribution in [3.8, 4) is 0 Å². The SMILES string of the molecule is CCN1CCOCC1.O. The van der Waals surface area contributed by atoms with Gasteiger partial charge in [0.1, 0.15) is 0 Å². The Morgan fingerprint density at radius 3 is 2.22 bits per heavy atom. The Balaban J connectivity index is 0.000000640. The van der Waals surface area contributed by atoms with Gasteiger partial charge in [0.2, 0.25) is 0 Å². The molecule has 0 spiro atoms. The van der Waals surface area contributed by atoms with Gasteiger partial charge in [0.25, 0.3) is 0 Å². The van der Waals surface area contributed by atoms with Crippen molar-refractivity contribution in [2.24, 2.45) is 0 Å². The van der Waals surface area contributed by atoms with Crippen molar-refractivity contribution in [1.29, 1.82) is 0 Å². The molecule has 0 bridgehead atoms. The van der Waals surface area contributed by atoms with Crippen LogP contribution in [0.3, 0.4) is 0 Å². The Morgan fingerprint density at radius 1 is 1.33 bits per heavy atom. The van der Waals surface area contributed by atoms with Crippen LogP contribution in [-0.2, 0) is 4.74 Å². The van der Waals surface area contributed by atoms with E-state index >= 15 is 0 Å². The number of morpholine rings is 1. The van der Waals surface area contributed by atoms with Crippen LogP contribution in [0.25, 0.3) is 0 Å². The first-order valence-corrected chi connectivity index (χ1v) is 3.23. The topological polar surface area (TPSA) is 44.0 Å². The van der Waals surface area contributed by atoms with E-state index in [0.717, 1.165) is 26.3 Å². The van der Waals surface area contributed by atoms with Gasteiger partial charge < -0.3 is 10.2 Å². The first-order chi connectivity index (χ1) is 3.93. The second kappa shape index (κ2) is 4.73. The highest BCUT2D eigenvalue weighted by molar-refractivity contribution is 4.57. The molecular weight excluding hydrogens is 118 g/mol. The van der Waals surface area contributed by atoms with Gasteiger partial charge in [-0.1, -0.05) is 6.92 Å². The highest BCUT2D eigenvalue weighted by atomic mass is 16.5. The van der Waals surface area contributed by atoms with Crippen molar-refractivity contribution in [2.75, 3.05) is 32.8 Å². The Bertz CT molecular complexity index is 62.1. The molecule has 1 aliphatic heterocycles. The zero-order chi connectivity index (χ0) is 5.82. The molecule has 1 fully saturated rings. The molecule has 0 atom stereocenters. The minimum absolute atomic E-state index is 0. The quantitative estimate of drug-likeness (QED) is 0.484. The zero-order valence-corrected chi connectivity index (χ0v) is 5.89. The van der Waals surface area contributed by atoms with E-state index in [4.69, 9.17) is 4.74 Å².